The molecule has 202 valence electrons. The van der Waals surface area contributed by atoms with Crippen molar-refractivity contribution >= 4 is 35.1 Å². The van der Waals surface area contributed by atoms with Crippen LogP contribution in [0.2, 0.25) is 5.02 Å². The van der Waals surface area contributed by atoms with Crippen LogP contribution < -0.4 is 5.32 Å². The van der Waals surface area contributed by atoms with Crippen molar-refractivity contribution in [2.75, 3.05) is 38.5 Å². The summed E-state index contributed by atoms with van der Waals surface area (Å²) < 4.78 is 13.3. The molecule has 38 heavy (non-hydrogen) atoms. The van der Waals surface area contributed by atoms with Crippen LogP contribution in [0.15, 0.2) is 48.5 Å². The van der Waals surface area contributed by atoms with Gasteiger partial charge in [-0.25, -0.2) is 9.18 Å². The average molecular weight is 541 g/mol. The lowest BCUT2D eigenvalue weighted by atomic mass is 9.93. The minimum Gasteiger partial charge on any atom is -0.342 e. The van der Waals surface area contributed by atoms with Crippen molar-refractivity contribution in [2.45, 2.75) is 44.6 Å². The standard InChI is InChI=1S/C29H34ClFN4O3/c1-29(13-14-29)27(37)34-15-11-20(12-16-34)26(36)35-17-24(19-3-5-21(30)6-4-19)25(18-35)33(2)28(38)32-23-9-7-22(31)8-10-23/h3-10,20,24-25H,11-18H2,1-2H3,(H,32,38). The lowest BCUT2D eigenvalue weighted by Crippen LogP contribution is -2.47. The van der Waals surface area contributed by atoms with E-state index in [-0.39, 0.29) is 47.0 Å². The maximum atomic E-state index is 13.6. The van der Waals surface area contributed by atoms with Gasteiger partial charge in [-0.05, 0) is 67.6 Å². The first-order chi connectivity index (χ1) is 18.1. The van der Waals surface area contributed by atoms with Crippen LogP contribution in [-0.4, -0.2) is 71.8 Å². The summed E-state index contributed by atoms with van der Waals surface area (Å²) in [6.45, 7) is 4.16. The second-order valence-corrected chi connectivity index (χ2v) is 11.6. The van der Waals surface area contributed by atoms with Crippen LogP contribution in [0.5, 0.6) is 0 Å². The summed E-state index contributed by atoms with van der Waals surface area (Å²) in [4.78, 5) is 44.9. The molecule has 2 aliphatic heterocycles. The SMILES string of the molecule is CN(C(=O)Nc1ccc(F)cc1)C1CN(C(=O)C2CCN(C(=O)C3(C)CC3)CC2)CC1c1ccc(Cl)cc1. The monoisotopic (exact) mass is 540 g/mol. The number of piperidine rings is 1. The Kier molecular flexibility index (Phi) is 7.36. The summed E-state index contributed by atoms with van der Waals surface area (Å²) in [7, 11) is 1.73. The highest BCUT2D eigenvalue weighted by molar-refractivity contribution is 6.30. The maximum Gasteiger partial charge on any atom is 0.321 e. The molecule has 0 radical (unpaired) electrons. The molecule has 1 N–H and O–H groups in total. The van der Waals surface area contributed by atoms with Crippen LogP contribution in [0.1, 0.15) is 44.1 Å². The number of carbonyl (C=O) groups excluding carboxylic acids is 3. The minimum absolute atomic E-state index is 0.0864. The van der Waals surface area contributed by atoms with Gasteiger partial charge in [0.05, 0.1) is 6.04 Å². The van der Waals surface area contributed by atoms with Gasteiger partial charge < -0.3 is 20.0 Å². The van der Waals surface area contributed by atoms with Crippen LogP contribution in [0.25, 0.3) is 0 Å². The Balaban J connectivity index is 1.27. The first-order valence-electron chi connectivity index (χ1n) is 13.3. The third kappa shape index (κ3) is 5.51. The number of halogens is 2. The van der Waals surface area contributed by atoms with Gasteiger partial charge in [0.15, 0.2) is 0 Å². The Labute approximate surface area is 227 Å². The third-order valence-corrected chi connectivity index (χ3v) is 8.71. The van der Waals surface area contributed by atoms with E-state index in [1.807, 2.05) is 41.0 Å². The molecule has 2 saturated heterocycles. The van der Waals surface area contributed by atoms with E-state index in [1.165, 1.54) is 24.3 Å². The lowest BCUT2D eigenvalue weighted by Gasteiger charge is -2.34. The van der Waals surface area contributed by atoms with Gasteiger partial charge in [0.2, 0.25) is 11.8 Å². The molecule has 3 fully saturated rings. The fourth-order valence-corrected chi connectivity index (χ4v) is 5.79. The summed E-state index contributed by atoms with van der Waals surface area (Å²) >= 11 is 6.12. The number of nitrogens with one attached hydrogen (secondary N) is 1. The summed E-state index contributed by atoms with van der Waals surface area (Å²) in [6.07, 6.45) is 3.23. The van der Waals surface area contributed by atoms with Gasteiger partial charge in [-0.2, -0.15) is 0 Å². The zero-order valence-electron chi connectivity index (χ0n) is 21.8. The van der Waals surface area contributed by atoms with E-state index in [9.17, 15) is 18.8 Å². The molecular formula is C29H34ClFN4O3. The molecule has 0 bridgehead atoms. The Morgan fingerprint density at radius 3 is 2.21 bits per heavy atom. The predicted molar refractivity (Wildman–Crippen MR) is 144 cm³/mol. The van der Waals surface area contributed by atoms with Gasteiger partial charge in [-0.3, -0.25) is 9.59 Å². The first kappa shape index (κ1) is 26.5. The predicted octanol–water partition coefficient (Wildman–Crippen LogP) is 4.98. The molecule has 2 unspecified atom stereocenters. The Morgan fingerprint density at radius 1 is 0.974 bits per heavy atom. The van der Waals surface area contributed by atoms with E-state index in [0.717, 1.165) is 18.4 Å². The highest BCUT2D eigenvalue weighted by Gasteiger charge is 2.48. The fourth-order valence-electron chi connectivity index (χ4n) is 5.66. The van der Waals surface area contributed by atoms with E-state index < -0.39 is 0 Å². The number of hydrogen-bond donors (Lipinski definition) is 1. The van der Waals surface area contributed by atoms with E-state index in [1.54, 1.807) is 11.9 Å². The Hall–Kier alpha value is -3.13. The van der Waals surface area contributed by atoms with Gasteiger partial charge in [0.1, 0.15) is 5.82 Å². The van der Waals surface area contributed by atoms with Crippen LogP contribution in [-0.2, 0) is 9.59 Å². The highest BCUT2D eigenvalue weighted by Crippen LogP contribution is 2.47. The fraction of sp³-hybridized carbons (Fsp3) is 0.483. The topological polar surface area (TPSA) is 73.0 Å². The second kappa shape index (κ2) is 10.6. The van der Waals surface area contributed by atoms with Crippen molar-refractivity contribution < 1.29 is 18.8 Å². The molecule has 0 aromatic heterocycles. The zero-order chi connectivity index (χ0) is 27.0. The van der Waals surface area contributed by atoms with E-state index >= 15 is 0 Å². The van der Waals surface area contributed by atoms with Gasteiger partial charge in [-0.1, -0.05) is 30.7 Å². The van der Waals surface area contributed by atoms with Crippen LogP contribution >= 0.6 is 11.6 Å². The minimum atomic E-state index is -0.374. The van der Waals surface area contributed by atoms with Gasteiger partial charge >= 0.3 is 6.03 Å². The molecule has 5 rings (SSSR count). The summed E-state index contributed by atoms with van der Waals surface area (Å²) in [6, 6.07) is 12.6. The van der Waals surface area contributed by atoms with Gasteiger partial charge in [0, 0.05) is 61.2 Å². The smallest absolute Gasteiger partial charge is 0.321 e. The van der Waals surface area contributed by atoms with E-state index in [0.29, 0.717) is 49.7 Å². The first-order valence-corrected chi connectivity index (χ1v) is 13.7. The normalized spacial score (nSPS) is 22.7. The van der Waals surface area contributed by atoms with Crippen molar-refractivity contribution in [2.24, 2.45) is 11.3 Å². The molecule has 9 heteroatoms. The summed E-state index contributed by atoms with van der Waals surface area (Å²) in [5.41, 5.74) is 1.32. The molecule has 0 spiro atoms. The number of rotatable bonds is 5. The molecular weight excluding hydrogens is 507 g/mol. The quantitative estimate of drug-likeness (QED) is 0.581. The van der Waals surface area contributed by atoms with Crippen molar-refractivity contribution in [3.63, 3.8) is 0 Å². The third-order valence-electron chi connectivity index (χ3n) is 8.46. The van der Waals surface area contributed by atoms with Crippen LogP contribution in [0.4, 0.5) is 14.9 Å². The van der Waals surface area contributed by atoms with Crippen molar-refractivity contribution in [3.8, 4) is 0 Å². The highest BCUT2D eigenvalue weighted by atomic mass is 35.5. The number of urea groups is 1. The lowest BCUT2D eigenvalue weighted by molar-refractivity contribution is -0.142. The molecule has 2 aromatic rings. The van der Waals surface area contributed by atoms with Gasteiger partial charge in [-0.15, -0.1) is 0 Å². The number of nitrogens with zero attached hydrogens (tertiary/aromatic N) is 3. The Morgan fingerprint density at radius 2 is 1.61 bits per heavy atom. The number of likely N-dealkylation sites (tertiary alicyclic amines) is 2. The number of benzene rings is 2. The average Bonchev–Trinajstić information content (AvgIpc) is 3.52. The largest absolute Gasteiger partial charge is 0.342 e. The summed E-state index contributed by atoms with van der Waals surface area (Å²) in [5.74, 6) is -0.281. The number of amides is 4. The van der Waals surface area contributed by atoms with Crippen LogP contribution in [0, 0.1) is 17.2 Å². The summed E-state index contributed by atoms with van der Waals surface area (Å²) in [5, 5.41) is 3.45. The number of likely N-dealkylation sites (N-methyl/N-ethyl adjacent to an activating group) is 1. The second-order valence-electron chi connectivity index (χ2n) is 11.1. The molecule has 4 amide bonds. The van der Waals surface area contributed by atoms with Gasteiger partial charge in [0.25, 0.3) is 0 Å². The van der Waals surface area contributed by atoms with Crippen molar-refractivity contribution in [1.82, 2.24) is 14.7 Å². The molecule has 3 aliphatic rings. The van der Waals surface area contributed by atoms with Crippen molar-refractivity contribution in [1.29, 1.82) is 0 Å². The van der Waals surface area contributed by atoms with Crippen molar-refractivity contribution in [3.05, 3.63) is 64.9 Å². The number of carbonyl (C=O) groups is 3. The molecule has 1 aliphatic carbocycles. The molecule has 2 heterocycles. The molecule has 2 aromatic carbocycles. The van der Waals surface area contributed by atoms with E-state index in [4.69, 9.17) is 11.6 Å². The molecule has 7 nitrogen and oxygen atoms in total. The number of anilines is 1. The molecule has 1 saturated carbocycles. The van der Waals surface area contributed by atoms with E-state index in [2.05, 4.69) is 5.32 Å². The maximum absolute atomic E-state index is 13.6. The zero-order valence-corrected chi connectivity index (χ0v) is 22.6. The Bertz CT molecular complexity index is 1190. The van der Waals surface area contributed by atoms with Crippen LogP contribution in [0.3, 0.4) is 0 Å². The number of hydrogen-bond acceptors (Lipinski definition) is 3. The molecule has 2 atom stereocenters.